The van der Waals surface area contributed by atoms with Crippen LogP contribution in [-0.2, 0) is 4.74 Å². The highest BCUT2D eigenvalue weighted by Crippen LogP contribution is 2.34. The molecule has 4 heterocycles. The van der Waals surface area contributed by atoms with E-state index in [0.717, 1.165) is 4.88 Å². The summed E-state index contributed by atoms with van der Waals surface area (Å²) in [6.45, 7) is 1.52. The van der Waals surface area contributed by atoms with Gasteiger partial charge in [-0.15, -0.1) is 11.3 Å². The van der Waals surface area contributed by atoms with Crippen molar-refractivity contribution in [2.75, 3.05) is 12.3 Å². The Morgan fingerprint density at radius 3 is 2.72 bits per heavy atom. The third kappa shape index (κ3) is 2.56. The summed E-state index contributed by atoms with van der Waals surface area (Å²) in [6, 6.07) is 0. The molecule has 0 amide bonds. The molecule has 11 heteroatoms. The average molecular weight is 364 g/mol. The van der Waals surface area contributed by atoms with Crippen LogP contribution in [0.2, 0.25) is 0 Å². The molecule has 4 atom stereocenters. The standard InChI is InChI=1S/C14H16N6O4S/c1-5-2-16-12(25-5)8-7-11(19-14(15)18-8)20(4-17-7)13-10(23)9(22)6(3-21)24-13/h2,4,6,9-10,13,21-23H,3H2,1H3,(H2,15,18,19)/t6-,9-,10-,13-/m1/s1. The second kappa shape index (κ2) is 5.97. The summed E-state index contributed by atoms with van der Waals surface area (Å²) in [7, 11) is 0. The molecule has 1 saturated heterocycles. The fourth-order valence-corrected chi connectivity index (χ4v) is 3.60. The molecule has 0 bridgehead atoms. The van der Waals surface area contributed by atoms with Crippen LogP contribution in [0.3, 0.4) is 0 Å². The second-order valence-corrected chi connectivity index (χ2v) is 6.99. The summed E-state index contributed by atoms with van der Waals surface area (Å²) in [5, 5.41) is 30.1. The first-order valence-electron chi connectivity index (χ1n) is 7.55. The van der Waals surface area contributed by atoms with Gasteiger partial charge >= 0.3 is 0 Å². The molecule has 132 valence electrons. The van der Waals surface area contributed by atoms with E-state index in [1.807, 2.05) is 6.92 Å². The lowest BCUT2D eigenvalue weighted by Gasteiger charge is -2.16. The van der Waals surface area contributed by atoms with Crippen molar-refractivity contribution in [3.8, 4) is 10.7 Å². The minimum Gasteiger partial charge on any atom is -0.394 e. The molecule has 4 rings (SSSR count). The molecule has 25 heavy (non-hydrogen) atoms. The van der Waals surface area contributed by atoms with Gasteiger partial charge in [0.05, 0.1) is 12.9 Å². The predicted octanol–water partition coefficient (Wildman–Crippen LogP) is -0.548. The van der Waals surface area contributed by atoms with Crippen molar-refractivity contribution in [2.24, 2.45) is 0 Å². The van der Waals surface area contributed by atoms with Crippen molar-refractivity contribution in [2.45, 2.75) is 31.5 Å². The van der Waals surface area contributed by atoms with E-state index in [9.17, 15) is 15.3 Å². The number of aryl methyl sites for hydroxylation is 1. The molecule has 1 fully saturated rings. The van der Waals surface area contributed by atoms with Gasteiger partial charge in [-0.05, 0) is 6.92 Å². The summed E-state index contributed by atoms with van der Waals surface area (Å²) in [6.07, 6.45) is -1.13. The molecule has 0 radical (unpaired) electrons. The number of fused-ring (bicyclic) bond motifs is 1. The number of nitrogen functional groups attached to an aromatic ring is 1. The Bertz CT molecular complexity index is 927. The predicted molar refractivity (Wildman–Crippen MR) is 88.6 cm³/mol. The van der Waals surface area contributed by atoms with Gasteiger partial charge in [-0.1, -0.05) is 0 Å². The number of aromatic nitrogens is 5. The topological polar surface area (TPSA) is 152 Å². The molecular formula is C14H16N6O4S. The summed E-state index contributed by atoms with van der Waals surface area (Å²) in [4.78, 5) is 18.1. The van der Waals surface area contributed by atoms with E-state index in [1.165, 1.54) is 22.2 Å². The third-order valence-electron chi connectivity index (χ3n) is 4.05. The Balaban J connectivity index is 1.84. The van der Waals surface area contributed by atoms with Crippen molar-refractivity contribution in [3.05, 3.63) is 17.4 Å². The van der Waals surface area contributed by atoms with E-state index in [2.05, 4.69) is 19.9 Å². The third-order valence-corrected chi connectivity index (χ3v) is 4.97. The number of hydrogen-bond acceptors (Lipinski definition) is 10. The summed E-state index contributed by atoms with van der Waals surface area (Å²) in [5.74, 6) is 0.0313. The highest BCUT2D eigenvalue weighted by Gasteiger charge is 2.44. The van der Waals surface area contributed by atoms with Gasteiger partial charge in [0.15, 0.2) is 11.9 Å². The van der Waals surface area contributed by atoms with Gasteiger partial charge in [0.2, 0.25) is 5.95 Å². The molecule has 3 aromatic rings. The van der Waals surface area contributed by atoms with E-state index in [1.54, 1.807) is 6.20 Å². The maximum atomic E-state index is 10.2. The number of aliphatic hydroxyl groups is 3. The molecule has 1 aliphatic rings. The SMILES string of the molecule is Cc1cnc(-c2nc(N)nc3c2ncn3[C@@H]2O[C@H](CO)[C@@H](O)[C@H]2O)s1. The average Bonchev–Trinajstić information content (AvgIpc) is 3.26. The van der Waals surface area contributed by atoms with Crippen LogP contribution >= 0.6 is 11.3 Å². The summed E-state index contributed by atoms with van der Waals surface area (Å²) in [5.41, 5.74) is 7.14. The van der Waals surface area contributed by atoms with Gasteiger partial charge in [-0.3, -0.25) is 4.57 Å². The number of imidazole rings is 1. The van der Waals surface area contributed by atoms with E-state index < -0.39 is 31.1 Å². The lowest BCUT2D eigenvalue weighted by molar-refractivity contribution is -0.0511. The Morgan fingerprint density at radius 2 is 2.08 bits per heavy atom. The van der Waals surface area contributed by atoms with E-state index in [0.29, 0.717) is 21.9 Å². The van der Waals surface area contributed by atoms with Crippen molar-refractivity contribution < 1.29 is 20.1 Å². The van der Waals surface area contributed by atoms with Crippen LogP contribution in [0.4, 0.5) is 5.95 Å². The Kier molecular flexibility index (Phi) is 3.89. The lowest BCUT2D eigenvalue weighted by Crippen LogP contribution is -2.33. The fourth-order valence-electron chi connectivity index (χ4n) is 2.84. The Morgan fingerprint density at radius 1 is 1.28 bits per heavy atom. The van der Waals surface area contributed by atoms with Crippen LogP contribution in [-0.4, -0.2) is 64.7 Å². The van der Waals surface area contributed by atoms with Crippen LogP contribution < -0.4 is 5.73 Å². The van der Waals surface area contributed by atoms with Gasteiger partial charge in [0.1, 0.15) is 34.5 Å². The zero-order valence-corrected chi connectivity index (χ0v) is 14.0. The molecule has 10 nitrogen and oxygen atoms in total. The molecule has 1 aliphatic heterocycles. The number of ether oxygens (including phenoxy) is 1. The number of rotatable bonds is 3. The van der Waals surface area contributed by atoms with E-state index in [4.69, 9.17) is 10.5 Å². The number of nitrogens with two attached hydrogens (primary N) is 1. The number of anilines is 1. The van der Waals surface area contributed by atoms with Gasteiger partial charge in [-0.25, -0.2) is 15.0 Å². The maximum absolute atomic E-state index is 10.2. The molecule has 0 unspecified atom stereocenters. The minimum absolute atomic E-state index is 0.0313. The van der Waals surface area contributed by atoms with Crippen LogP contribution in [0, 0.1) is 6.92 Å². The van der Waals surface area contributed by atoms with Crippen LogP contribution in [0.15, 0.2) is 12.5 Å². The van der Waals surface area contributed by atoms with E-state index in [-0.39, 0.29) is 5.95 Å². The number of hydrogen-bond donors (Lipinski definition) is 4. The van der Waals surface area contributed by atoms with Gasteiger partial charge in [0, 0.05) is 11.1 Å². The monoisotopic (exact) mass is 364 g/mol. The zero-order valence-electron chi connectivity index (χ0n) is 13.1. The van der Waals surface area contributed by atoms with Crippen molar-refractivity contribution >= 4 is 28.4 Å². The molecule has 5 N–H and O–H groups in total. The van der Waals surface area contributed by atoms with Gasteiger partial charge in [-0.2, -0.15) is 4.98 Å². The summed E-state index contributed by atoms with van der Waals surface area (Å²) < 4.78 is 7.01. The van der Waals surface area contributed by atoms with Gasteiger partial charge < -0.3 is 25.8 Å². The fraction of sp³-hybridized carbons (Fsp3) is 0.429. The quantitative estimate of drug-likeness (QED) is 0.479. The normalized spacial score (nSPS) is 26.6. The van der Waals surface area contributed by atoms with Crippen LogP contribution in [0.25, 0.3) is 21.9 Å². The molecule has 0 saturated carbocycles. The van der Waals surface area contributed by atoms with Crippen molar-refractivity contribution in [1.29, 1.82) is 0 Å². The summed E-state index contributed by atoms with van der Waals surface area (Å²) >= 11 is 1.45. The highest BCUT2D eigenvalue weighted by molar-refractivity contribution is 7.15. The first-order chi connectivity index (χ1) is 12.0. The first kappa shape index (κ1) is 16.3. The van der Waals surface area contributed by atoms with Crippen LogP contribution in [0.5, 0.6) is 0 Å². The maximum Gasteiger partial charge on any atom is 0.222 e. The minimum atomic E-state index is -1.24. The lowest BCUT2D eigenvalue weighted by atomic mass is 10.1. The number of aliphatic hydroxyl groups excluding tert-OH is 3. The van der Waals surface area contributed by atoms with Crippen molar-refractivity contribution in [1.82, 2.24) is 24.5 Å². The molecule has 0 spiro atoms. The number of nitrogens with zero attached hydrogens (tertiary/aromatic N) is 5. The molecule has 0 aromatic carbocycles. The highest BCUT2D eigenvalue weighted by atomic mass is 32.1. The second-order valence-electron chi connectivity index (χ2n) is 5.76. The van der Waals surface area contributed by atoms with Crippen LogP contribution in [0.1, 0.15) is 11.1 Å². The largest absolute Gasteiger partial charge is 0.394 e. The molecule has 3 aromatic heterocycles. The number of thiazole rings is 1. The van der Waals surface area contributed by atoms with E-state index >= 15 is 0 Å². The molecular weight excluding hydrogens is 348 g/mol. The Hall–Kier alpha value is -2.18. The van der Waals surface area contributed by atoms with Crippen molar-refractivity contribution in [3.63, 3.8) is 0 Å². The zero-order chi connectivity index (χ0) is 17.7. The molecule has 0 aliphatic carbocycles. The Labute approximate surface area is 145 Å². The smallest absolute Gasteiger partial charge is 0.222 e. The first-order valence-corrected chi connectivity index (χ1v) is 8.36. The van der Waals surface area contributed by atoms with Gasteiger partial charge in [0.25, 0.3) is 0 Å².